The van der Waals surface area contributed by atoms with Gasteiger partial charge in [-0.1, -0.05) is 66.7 Å². The Morgan fingerprint density at radius 1 is 0.956 bits per heavy atom. The van der Waals surface area contributed by atoms with Crippen LogP contribution in [0.25, 0.3) is 0 Å². The second kappa shape index (κ2) is 13.9. The van der Waals surface area contributed by atoms with Gasteiger partial charge in [-0.15, -0.1) is 0 Å². The summed E-state index contributed by atoms with van der Waals surface area (Å²) in [7, 11) is 0. The minimum atomic E-state index is -1.04. The molecular weight excluding hydrogens is 578 g/mol. The third kappa shape index (κ3) is 7.41. The van der Waals surface area contributed by atoms with E-state index < -0.39 is 30.2 Å². The van der Waals surface area contributed by atoms with Crippen molar-refractivity contribution in [1.82, 2.24) is 10.2 Å². The fraction of sp³-hybridized carbons (Fsp3) is 0.382. The highest BCUT2D eigenvalue weighted by molar-refractivity contribution is 6.22. The Morgan fingerprint density at radius 3 is 2.49 bits per heavy atom. The van der Waals surface area contributed by atoms with E-state index in [9.17, 15) is 24.6 Å². The summed E-state index contributed by atoms with van der Waals surface area (Å²) in [6.07, 6.45) is -1.28. The summed E-state index contributed by atoms with van der Waals surface area (Å²) in [5, 5.41) is 22.0. The van der Waals surface area contributed by atoms with Crippen LogP contribution in [0.5, 0.6) is 0 Å². The number of ether oxygens (including phenoxy) is 3. The van der Waals surface area contributed by atoms with Crippen LogP contribution in [-0.2, 0) is 37.0 Å². The quantitative estimate of drug-likeness (QED) is 0.310. The van der Waals surface area contributed by atoms with Gasteiger partial charge in [0.05, 0.1) is 37.0 Å². The zero-order valence-electron chi connectivity index (χ0n) is 24.8. The van der Waals surface area contributed by atoms with Crippen LogP contribution in [0.3, 0.4) is 0 Å². The first-order chi connectivity index (χ1) is 21.9. The number of aliphatic hydroxyl groups is 2. The number of amides is 3. The van der Waals surface area contributed by atoms with Crippen molar-refractivity contribution in [3.63, 3.8) is 0 Å². The van der Waals surface area contributed by atoms with Gasteiger partial charge in [-0.3, -0.25) is 14.5 Å². The summed E-state index contributed by atoms with van der Waals surface area (Å²) in [6, 6.07) is 22.6. The van der Waals surface area contributed by atoms with Crippen molar-refractivity contribution in [3.8, 4) is 0 Å². The number of rotatable bonds is 9. The van der Waals surface area contributed by atoms with E-state index in [-0.39, 0.29) is 37.9 Å². The number of alkyl carbamates (subject to hydrolysis) is 1. The maximum atomic E-state index is 13.3. The molecule has 3 aliphatic heterocycles. The van der Waals surface area contributed by atoms with E-state index in [1.807, 2.05) is 60.7 Å². The van der Waals surface area contributed by atoms with Gasteiger partial charge >= 0.3 is 6.09 Å². The second-order valence-corrected chi connectivity index (χ2v) is 11.7. The Bertz CT molecular complexity index is 1500. The number of β-amino-alcohol motifs (C(OH)–C–C–N with tert-alkyl or cyclic N) is 1. The molecule has 11 heteroatoms. The fourth-order valence-electron chi connectivity index (χ4n) is 6.03. The first-order valence-electron chi connectivity index (χ1n) is 15.2. The normalized spacial score (nSPS) is 25.5. The highest BCUT2D eigenvalue weighted by Crippen LogP contribution is 2.39. The molecule has 0 radical (unpaired) electrons. The molecule has 236 valence electrons. The first-order valence-corrected chi connectivity index (χ1v) is 15.2. The van der Waals surface area contributed by atoms with Crippen molar-refractivity contribution in [2.75, 3.05) is 24.5 Å². The predicted molar refractivity (Wildman–Crippen MR) is 163 cm³/mol. The van der Waals surface area contributed by atoms with Crippen molar-refractivity contribution in [2.24, 2.45) is 0 Å². The molecule has 3 fully saturated rings. The molecular formula is C34H37N3O8. The van der Waals surface area contributed by atoms with Gasteiger partial charge in [-0.25, -0.2) is 9.69 Å². The van der Waals surface area contributed by atoms with Crippen molar-refractivity contribution in [1.29, 1.82) is 0 Å². The summed E-state index contributed by atoms with van der Waals surface area (Å²) in [5.74, 6) is -0.991. The number of imide groups is 1. The van der Waals surface area contributed by atoms with Crippen LogP contribution in [0, 0.1) is 0 Å². The summed E-state index contributed by atoms with van der Waals surface area (Å²) in [5.41, 5.74) is 3.54. The van der Waals surface area contributed by atoms with E-state index in [1.54, 1.807) is 18.2 Å². The molecule has 5 atom stereocenters. The summed E-state index contributed by atoms with van der Waals surface area (Å²) in [6.45, 7) is 1.99. The Kier molecular flexibility index (Phi) is 9.53. The highest BCUT2D eigenvalue weighted by Gasteiger charge is 2.41. The average molecular weight is 616 g/mol. The molecule has 45 heavy (non-hydrogen) atoms. The Hall–Kier alpha value is -4.13. The fourth-order valence-corrected chi connectivity index (χ4v) is 6.03. The van der Waals surface area contributed by atoms with Gasteiger partial charge in [-0.05, 0) is 35.2 Å². The van der Waals surface area contributed by atoms with Gasteiger partial charge in [0.15, 0.2) is 6.29 Å². The smallest absolute Gasteiger partial charge is 0.408 e. The molecule has 3 N–H and O–H groups in total. The largest absolute Gasteiger partial charge is 0.445 e. The lowest BCUT2D eigenvalue weighted by Gasteiger charge is -2.38. The van der Waals surface area contributed by atoms with Gasteiger partial charge in [0.2, 0.25) is 5.91 Å². The number of carbonyl (C=O) groups is 3. The number of nitrogens with zero attached hydrogens (tertiary/aromatic N) is 2. The van der Waals surface area contributed by atoms with Crippen molar-refractivity contribution < 1.29 is 38.8 Å². The maximum absolute atomic E-state index is 13.3. The van der Waals surface area contributed by atoms with Gasteiger partial charge in [0, 0.05) is 31.6 Å². The van der Waals surface area contributed by atoms with E-state index in [1.165, 1.54) is 0 Å². The Balaban J connectivity index is 1.16. The molecule has 3 aromatic rings. The third-order valence-electron chi connectivity index (χ3n) is 8.38. The first kappa shape index (κ1) is 30.9. The minimum absolute atomic E-state index is 0.0422. The zero-order chi connectivity index (χ0) is 31.3. The van der Waals surface area contributed by atoms with E-state index in [0.717, 1.165) is 34.6 Å². The van der Waals surface area contributed by atoms with Gasteiger partial charge in [0.1, 0.15) is 12.6 Å². The SMILES string of the molecule is O=C(NC1CC(=O)N(c2cccc(C3OC(CN4CCC(O)C4)CC(c4ccc(CO)cc4)O3)c2)C1=O)OCc1ccccc1. The molecule has 3 heterocycles. The zero-order valence-corrected chi connectivity index (χ0v) is 24.8. The van der Waals surface area contributed by atoms with Gasteiger partial charge in [-0.2, -0.15) is 0 Å². The lowest BCUT2D eigenvalue weighted by Crippen LogP contribution is -2.42. The van der Waals surface area contributed by atoms with Gasteiger partial charge in [0.25, 0.3) is 5.91 Å². The minimum Gasteiger partial charge on any atom is -0.445 e. The molecule has 0 aromatic heterocycles. The molecule has 0 saturated carbocycles. The molecule has 3 aromatic carbocycles. The summed E-state index contributed by atoms with van der Waals surface area (Å²) in [4.78, 5) is 42.0. The summed E-state index contributed by atoms with van der Waals surface area (Å²) >= 11 is 0. The Labute approximate surface area is 261 Å². The van der Waals surface area contributed by atoms with Crippen LogP contribution in [0.2, 0.25) is 0 Å². The Morgan fingerprint density at radius 2 is 1.76 bits per heavy atom. The van der Waals surface area contributed by atoms with Crippen LogP contribution in [0.15, 0.2) is 78.9 Å². The van der Waals surface area contributed by atoms with Crippen LogP contribution in [0.4, 0.5) is 10.5 Å². The van der Waals surface area contributed by atoms with E-state index >= 15 is 0 Å². The molecule has 11 nitrogen and oxygen atoms in total. The van der Waals surface area contributed by atoms with Crippen LogP contribution < -0.4 is 10.2 Å². The number of hydrogen-bond acceptors (Lipinski definition) is 9. The molecule has 0 aliphatic carbocycles. The monoisotopic (exact) mass is 615 g/mol. The highest BCUT2D eigenvalue weighted by atomic mass is 16.7. The number of benzene rings is 3. The second-order valence-electron chi connectivity index (χ2n) is 11.7. The molecule has 3 amide bonds. The van der Waals surface area contributed by atoms with E-state index in [0.29, 0.717) is 30.8 Å². The lowest BCUT2D eigenvalue weighted by atomic mass is 9.99. The van der Waals surface area contributed by atoms with E-state index in [4.69, 9.17) is 14.2 Å². The molecule has 6 rings (SSSR count). The molecule has 0 spiro atoms. The standard InChI is InChI=1S/C34H37N3O8/c38-20-22-9-11-24(12-10-22)30-16-28(19-36-14-13-27(39)18-36)44-33(45-30)25-7-4-8-26(15-25)37-31(40)17-29(32(37)41)35-34(42)43-21-23-5-2-1-3-6-23/h1-12,15,27-30,33,38-39H,13-14,16-21H2,(H,35,42). The van der Waals surface area contributed by atoms with E-state index in [2.05, 4.69) is 10.2 Å². The van der Waals surface area contributed by atoms with Crippen LogP contribution in [0.1, 0.15) is 53.9 Å². The lowest BCUT2D eigenvalue weighted by molar-refractivity contribution is -0.252. The van der Waals surface area contributed by atoms with Crippen LogP contribution >= 0.6 is 0 Å². The molecule has 0 bridgehead atoms. The number of hydrogen-bond donors (Lipinski definition) is 3. The maximum Gasteiger partial charge on any atom is 0.408 e. The topological polar surface area (TPSA) is 138 Å². The predicted octanol–water partition coefficient (Wildman–Crippen LogP) is 3.35. The summed E-state index contributed by atoms with van der Waals surface area (Å²) < 4.78 is 18.1. The number of likely N-dealkylation sites (tertiary alicyclic amines) is 1. The number of nitrogens with one attached hydrogen (secondary N) is 1. The average Bonchev–Trinajstić information content (AvgIpc) is 3.60. The molecule has 3 saturated heterocycles. The third-order valence-corrected chi connectivity index (χ3v) is 8.38. The molecule has 5 unspecified atom stereocenters. The van der Waals surface area contributed by atoms with Crippen molar-refractivity contribution >= 4 is 23.6 Å². The van der Waals surface area contributed by atoms with Crippen molar-refractivity contribution in [2.45, 2.75) is 63.1 Å². The number of carbonyl (C=O) groups excluding carboxylic acids is 3. The number of aliphatic hydroxyl groups excluding tert-OH is 2. The van der Waals surface area contributed by atoms with Gasteiger partial charge < -0.3 is 29.7 Å². The van der Waals surface area contributed by atoms with Crippen LogP contribution in [-0.4, -0.2) is 70.9 Å². The van der Waals surface area contributed by atoms with Crippen molar-refractivity contribution in [3.05, 3.63) is 101 Å². The number of anilines is 1. The molecule has 3 aliphatic rings.